The first-order valence-electron chi connectivity index (χ1n) is 8.76. The Hall–Kier alpha value is -1.69. The number of sulfonamides is 1. The fraction of sp³-hybridized carbons (Fsp3) is 0.400. The summed E-state index contributed by atoms with van der Waals surface area (Å²) in [6.45, 7) is 2.65. The molecule has 1 fully saturated rings. The van der Waals surface area contributed by atoms with Gasteiger partial charge in [-0.15, -0.1) is 0 Å². The number of piperidine rings is 1. The van der Waals surface area contributed by atoms with E-state index in [-0.39, 0.29) is 0 Å². The number of nitrogens with zero attached hydrogens (tertiary/aromatic N) is 1. The second-order valence-electron chi connectivity index (χ2n) is 6.81. The standard InChI is InChI=1S/C20H25NO3S/c1-20(22,18-13-7-3-8-14-18)19(17-11-5-2-6-12-17)25(23,24)21-15-9-4-10-16-21/h2-3,5-8,11-14,19,22H,4,9-10,15-16H2,1H3/t19-,20-/m1/s1. The largest absolute Gasteiger partial charge is 0.384 e. The van der Waals surface area contributed by atoms with E-state index in [0.29, 0.717) is 24.2 Å². The van der Waals surface area contributed by atoms with E-state index < -0.39 is 20.9 Å². The van der Waals surface area contributed by atoms with Crippen LogP contribution in [0.2, 0.25) is 0 Å². The molecule has 1 saturated heterocycles. The van der Waals surface area contributed by atoms with Crippen molar-refractivity contribution in [3.05, 3.63) is 71.8 Å². The van der Waals surface area contributed by atoms with Crippen molar-refractivity contribution in [2.45, 2.75) is 37.0 Å². The Morgan fingerprint density at radius 2 is 1.44 bits per heavy atom. The molecule has 5 heteroatoms. The minimum Gasteiger partial charge on any atom is -0.384 e. The van der Waals surface area contributed by atoms with E-state index in [1.807, 2.05) is 36.4 Å². The van der Waals surface area contributed by atoms with Crippen LogP contribution in [0.15, 0.2) is 60.7 Å². The molecule has 2 aromatic carbocycles. The summed E-state index contributed by atoms with van der Waals surface area (Å²) in [5.74, 6) is 0. The smallest absolute Gasteiger partial charge is 0.224 e. The van der Waals surface area contributed by atoms with Crippen LogP contribution in [0.25, 0.3) is 0 Å². The topological polar surface area (TPSA) is 57.6 Å². The van der Waals surface area contributed by atoms with Gasteiger partial charge in [0, 0.05) is 13.1 Å². The molecule has 2 aromatic rings. The third-order valence-corrected chi connectivity index (χ3v) is 7.36. The van der Waals surface area contributed by atoms with Crippen LogP contribution in [0.1, 0.15) is 42.6 Å². The summed E-state index contributed by atoms with van der Waals surface area (Å²) in [4.78, 5) is 0. The van der Waals surface area contributed by atoms with Crippen LogP contribution in [-0.4, -0.2) is 30.9 Å². The maximum absolute atomic E-state index is 13.5. The van der Waals surface area contributed by atoms with Crippen molar-refractivity contribution in [3.63, 3.8) is 0 Å². The Labute approximate surface area is 150 Å². The maximum Gasteiger partial charge on any atom is 0.224 e. The molecule has 134 valence electrons. The zero-order valence-corrected chi connectivity index (χ0v) is 15.3. The lowest BCUT2D eigenvalue weighted by atomic mass is 9.88. The van der Waals surface area contributed by atoms with Crippen LogP contribution in [-0.2, 0) is 15.6 Å². The second-order valence-corrected chi connectivity index (χ2v) is 8.83. The molecule has 1 N–H and O–H groups in total. The molecule has 1 aliphatic rings. The predicted molar refractivity (Wildman–Crippen MR) is 99.5 cm³/mol. The molecule has 3 rings (SSSR count). The van der Waals surface area contributed by atoms with E-state index in [1.165, 1.54) is 0 Å². The van der Waals surface area contributed by atoms with E-state index in [1.54, 1.807) is 35.5 Å². The zero-order chi connectivity index (χ0) is 17.9. The summed E-state index contributed by atoms with van der Waals surface area (Å²) >= 11 is 0. The molecule has 1 heterocycles. The van der Waals surface area contributed by atoms with Crippen LogP contribution in [0, 0.1) is 0 Å². The van der Waals surface area contributed by atoms with Crippen molar-refractivity contribution in [1.82, 2.24) is 4.31 Å². The van der Waals surface area contributed by atoms with Crippen molar-refractivity contribution >= 4 is 10.0 Å². The highest BCUT2D eigenvalue weighted by Crippen LogP contribution is 2.42. The van der Waals surface area contributed by atoms with Crippen LogP contribution >= 0.6 is 0 Å². The minimum absolute atomic E-state index is 0.524. The van der Waals surface area contributed by atoms with Gasteiger partial charge in [0.1, 0.15) is 10.9 Å². The van der Waals surface area contributed by atoms with Gasteiger partial charge in [-0.3, -0.25) is 0 Å². The molecular weight excluding hydrogens is 334 g/mol. The number of aliphatic hydroxyl groups is 1. The summed E-state index contributed by atoms with van der Waals surface area (Å²) < 4.78 is 28.5. The Morgan fingerprint density at radius 1 is 0.920 bits per heavy atom. The number of hydrogen-bond donors (Lipinski definition) is 1. The zero-order valence-electron chi connectivity index (χ0n) is 14.5. The third-order valence-electron chi connectivity index (χ3n) is 4.94. The summed E-state index contributed by atoms with van der Waals surface area (Å²) in [7, 11) is -3.70. The first-order valence-corrected chi connectivity index (χ1v) is 10.3. The molecule has 2 atom stereocenters. The second kappa shape index (κ2) is 7.28. The molecular formula is C20H25NO3S. The lowest BCUT2D eigenvalue weighted by molar-refractivity contribution is 0.0492. The highest BCUT2D eigenvalue weighted by Gasteiger charge is 2.46. The van der Waals surface area contributed by atoms with Gasteiger partial charge in [-0.05, 0) is 30.9 Å². The third kappa shape index (κ3) is 3.64. The number of hydrogen-bond acceptors (Lipinski definition) is 3. The summed E-state index contributed by atoms with van der Waals surface area (Å²) in [6, 6.07) is 18.1. The Balaban J connectivity index is 2.10. The van der Waals surface area contributed by atoms with Gasteiger partial charge < -0.3 is 5.11 Å². The van der Waals surface area contributed by atoms with Gasteiger partial charge in [-0.1, -0.05) is 67.1 Å². The number of benzene rings is 2. The highest BCUT2D eigenvalue weighted by molar-refractivity contribution is 7.89. The van der Waals surface area contributed by atoms with Crippen LogP contribution in [0.5, 0.6) is 0 Å². The first kappa shape index (κ1) is 18.1. The molecule has 0 spiro atoms. The molecule has 0 aliphatic carbocycles. The van der Waals surface area contributed by atoms with E-state index in [0.717, 1.165) is 19.3 Å². The Kier molecular flexibility index (Phi) is 5.27. The summed E-state index contributed by atoms with van der Waals surface area (Å²) in [6.07, 6.45) is 2.79. The van der Waals surface area contributed by atoms with Gasteiger partial charge in [0.15, 0.2) is 0 Å². The van der Waals surface area contributed by atoms with Gasteiger partial charge in [0.05, 0.1) is 0 Å². The minimum atomic E-state index is -3.70. The van der Waals surface area contributed by atoms with Gasteiger partial charge in [0.25, 0.3) is 0 Å². The van der Waals surface area contributed by atoms with E-state index in [2.05, 4.69) is 0 Å². The first-order chi connectivity index (χ1) is 11.9. The van der Waals surface area contributed by atoms with Crippen LogP contribution < -0.4 is 0 Å². The van der Waals surface area contributed by atoms with Gasteiger partial charge in [0.2, 0.25) is 10.0 Å². The normalized spacial score (nSPS) is 19.9. The molecule has 0 aromatic heterocycles. The highest BCUT2D eigenvalue weighted by atomic mass is 32.2. The molecule has 0 bridgehead atoms. The van der Waals surface area contributed by atoms with E-state index in [4.69, 9.17) is 0 Å². The quantitative estimate of drug-likeness (QED) is 0.889. The van der Waals surface area contributed by atoms with Crippen molar-refractivity contribution < 1.29 is 13.5 Å². The van der Waals surface area contributed by atoms with Crippen molar-refractivity contribution in [3.8, 4) is 0 Å². The summed E-state index contributed by atoms with van der Waals surface area (Å²) in [5, 5.41) is 10.3. The molecule has 0 saturated carbocycles. The SMILES string of the molecule is C[C@@](O)(c1ccccc1)[C@@H](c1ccccc1)S(=O)(=O)N1CCCCC1. The average molecular weight is 359 g/mol. The van der Waals surface area contributed by atoms with Crippen molar-refractivity contribution in [2.75, 3.05) is 13.1 Å². The van der Waals surface area contributed by atoms with Gasteiger partial charge >= 0.3 is 0 Å². The lowest BCUT2D eigenvalue weighted by Crippen LogP contribution is -2.45. The van der Waals surface area contributed by atoms with Crippen molar-refractivity contribution in [2.24, 2.45) is 0 Å². The Bertz CT molecular complexity index is 782. The molecule has 0 unspecified atom stereocenters. The van der Waals surface area contributed by atoms with Gasteiger partial charge in [-0.2, -0.15) is 0 Å². The van der Waals surface area contributed by atoms with Crippen LogP contribution in [0.3, 0.4) is 0 Å². The van der Waals surface area contributed by atoms with Crippen molar-refractivity contribution in [1.29, 1.82) is 0 Å². The van der Waals surface area contributed by atoms with Gasteiger partial charge in [-0.25, -0.2) is 12.7 Å². The molecule has 0 amide bonds. The molecule has 25 heavy (non-hydrogen) atoms. The molecule has 1 aliphatic heterocycles. The number of rotatable bonds is 5. The predicted octanol–water partition coefficient (Wildman–Crippen LogP) is 3.45. The molecule has 4 nitrogen and oxygen atoms in total. The van der Waals surface area contributed by atoms with E-state index in [9.17, 15) is 13.5 Å². The fourth-order valence-electron chi connectivity index (χ4n) is 3.61. The Morgan fingerprint density at radius 3 is 2.00 bits per heavy atom. The average Bonchev–Trinajstić information content (AvgIpc) is 2.64. The molecule has 0 radical (unpaired) electrons. The fourth-order valence-corrected chi connectivity index (χ4v) is 5.89. The lowest BCUT2D eigenvalue weighted by Gasteiger charge is -2.38. The van der Waals surface area contributed by atoms with Crippen LogP contribution in [0.4, 0.5) is 0 Å². The monoisotopic (exact) mass is 359 g/mol. The van der Waals surface area contributed by atoms with E-state index >= 15 is 0 Å². The summed E-state index contributed by atoms with van der Waals surface area (Å²) in [5.41, 5.74) is -0.315. The maximum atomic E-state index is 13.5.